The lowest BCUT2D eigenvalue weighted by Crippen LogP contribution is -1.96. The average Bonchev–Trinajstić information content (AvgIpc) is 1.89. The van der Waals surface area contributed by atoms with E-state index < -0.39 is 0 Å². The van der Waals surface area contributed by atoms with Crippen LogP contribution in [0.15, 0.2) is 11.8 Å². The molecule has 0 spiro atoms. The fraction of sp³-hybridized carbons (Fsp3) is 0.714. The molecule has 52 valence electrons. The zero-order valence-electron chi connectivity index (χ0n) is 6.18. The first kappa shape index (κ1) is 8.92. The van der Waals surface area contributed by atoms with Gasteiger partial charge in [0.25, 0.3) is 9.76 Å². The molecule has 0 aromatic carbocycles. The van der Waals surface area contributed by atoms with Gasteiger partial charge >= 0.3 is 0 Å². The lowest BCUT2D eigenvalue weighted by Gasteiger charge is -1.95. The van der Waals surface area contributed by atoms with E-state index in [0.717, 1.165) is 6.61 Å². The second-order valence-electron chi connectivity index (χ2n) is 1.82. The molecule has 9 heavy (non-hydrogen) atoms. The molecule has 1 nitrogen and oxygen atoms in total. The smallest absolute Gasteiger partial charge is 0.260 e. The van der Waals surface area contributed by atoms with Crippen molar-refractivity contribution in [2.24, 2.45) is 0 Å². The molecule has 0 bridgehead atoms. The molecule has 2 heteroatoms. The first-order valence-corrected chi connectivity index (χ1v) is 4.38. The van der Waals surface area contributed by atoms with Crippen LogP contribution in [0, 0.1) is 0 Å². The summed E-state index contributed by atoms with van der Waals surface area (Å²) in [6, 6.07) is 0. The summed E-state index contributed by atoms with van der Waals surface area (Å²) in [5.41, 5.74) is 2.05. The zero-order chi connectivity index (χ0) is 6.95. The molecule has 0 atom stereocenters. The van der Waals surface area contributed by atoms with E-state index in [1.165, 1.54) is 12.8 Å². The first-order valence-electron chi connectivity index (χ1n) is 3.40. The fourth-order valence-electron chi connectivity index (χ4n) is 0.392. The number of rotatable bonds is 5. The molecule has 2 radical (unpaired) electrons. The Bertz CT molecular complexity index is 71.3. The molecule has 0 amide bonds. The summed E-state index contributed by atoms with van der Waals surface area (Å²) < 4.78 is 5.26. The first-order chi connectivity index (χ1) is 4.41. The van der Waals surface area contributed by atoms with Gasteiger partial charge in [-0.05, 0) is 13.3 Å². The summed E-state index contributed by atoms with van der Waals surface area (Å²) in [4.78, 5) is 0. The van der Waals surface area contributed by atoms with Gasteiger partial charge in [0.2, 0.25) is 0 Å². The maximum absolute atomic E-state index is 5.26. The Morgan fingerprint density at radius 1 is 1.56 bits per heavy atom. The van der Waals surface area contributed by atoms with Crippen LogP contribution in [0.5, 0.6) is 0 Å². The molecular weight excluding hydrogens is 128 g/mol. The minimum Gasteiger partial charge on any atom is -0.412 e. The van der Waals surface area contributed by atoms with Gasteiger partial charge in [-0.1, -0.05) is 25.1 Å². The molecule has 0 saturated carbocycles. The second kappa shape index (κ2) is 7.92. The molecule has 0 N–H and O–H groups in total. The van der Waals surface area contributed by atoms with Gasteiger partial charge in [0.1, 0.15) is 0 Å². The monoisotopic (exact) mass is 142 g/mol. The highest BCUT2D eigenvalue weighted by atomic mass is 28.2. The van der Waals surface area contributed by atoms with Crippen molar-refractivity contribution in [3.63, 3.8) is 0 Å². The minimum atomic E-state index is 0.562. The summed E-state index contributed by atoms with van der Waals surface area (Å²) in [5, 5.41) is 0. The summed E-state index contributed by atoms with van der Waals surface area (Å²) in [6.45, 7) is 5.09. The van der Waals surface area contributed by atoms with Crippen LogP contribution in [0.1, 0.15) is 26.7 Å². The van der Waals surface area contributed by atoms with E-state index in [4.69, 9.17) is 4.43 Å². The van der Waals surface area contributed by atoms with E-state index >= 15 is 0 Å². The fourth-order valence-corrected chi connectivity index (χ4v) is 0.886. The Morgan fingerprint density at radius 3 is 2.89 bits per heavy atom. The van der Waals surface area contributed by atoms with Crippen LogP contribution in [0.3, 0.4) is 0 Å². The van der Waals surface area contributed by atoms with Crippen molar-refractivity contribution in [2.75, 3.05) is 6.61 Å². The maximum Gasteiger partial charge on any atom is 0.260 e. The predicted molar refractivity (Wildman–Crippen MR) is 41.4 cm³/mol. The van der Waals surface area contributed by atoms with Gasteiger partial charge in [-0.25, -0.2) is 0 Å². The van der Waals surface area contributed by atoms with Gasteiger partial charge in [0.15, 0.2) is 0 Å². The third-order valence-electron chi connectivity index (χ3n) is 0.918. The Kier molecular flexibility index (Phi) is 7.84. The highest BCUT2D eigenvalue weighted by Crippen LogP contribution is 1.85. The van der Waals surface area contributed by atoms with Crippen molar-refractivity contribution in [1.82, 2.24) is 0 Å². The molecule has 0 rings (SSSR count). The number of unbranched alkanes of at least 4 members (excludes halogenated alkanes) is 1. The van der Waals surface area contributed by atoms with Crippen molar-refractivity contribution >= 4 is 9.76 Å². The zero-order valence-corrected chi connectivity index (χ0v) is 7.18. The molecule has 0 aromatic heterocycles. The van der Waals surface area contributed by atoms with Crippen molar-refractivity contribution in [2.45, 2.75) is 26.7 Å². The number of hydrogen-bond acceptors (Lipinski definition) is 1. The number of hydrogen-bond donors (Lipinski definition) is 0. The maximum atomic E-state index is 5.26. The van der Waals surface area contributed by atoms with Crippen LogP contribution in [-0.4, -0.2) is 16.4 Å². The van der Waals surface area contributed by atoms with Gasteiger partial charge in [-0.3, -0.25) is 0 Å². The largest absolute Gasteiger partial charge is 0.412 e. The van der Waals surface area contributed by atoms with Crippen LogP contribution in [0.4, 0.5) is 0 Å². The molecule has 0 unspecified atom stereocenters. The quantitative estimate of drug-likeness (QED) is 0.421. The second-order valence-corrected chi connectivity index (χ2v) is 2.68. The lowest BCUT2D eigenvalue weighted by molar-refractivity contribution is 0.331. The summed E-state index contributed by atoms with van der Waals surface area (Å²) in [5.74, 6) is 0. The lowest BCUT2D eigenvalue weighted by atomic mass is 10.4. The standard InChI is InChI=1S/C7H14OSi/c1-3-5-6-8-9-7-4-2/h4,7H,3,5-6H2,1-2H3/b7-4+. The Morgan fingerprint density at radius 2 is 2.33 bits per heavy atom. The SMILES string of the molecule is C/C=C/[Si]OCCCC. The van der Waals surface area contributed by atoms with Crippen molar-refractivity contribution in [3.05, 3.63) is 11.8 Å². The molecule has 0 fully saturated rings. The summed E-state index contributed by atoms with van der Waals surface area (Å²) in [6.07, 6.45) is 4.43. The van der Waals surface area contributed by atoms with Crippen LogP contribution in [-0.2, 0) is 4.43 Å². The average molecular weight is 142 g/mol. The molecule has 0 aromatic rings. The number of allylic oxidation sites excluding steroid dienone is 1. The predicted octanol–water partition coefficient (Wildman–Crippen LogP) is 1.96. The van der Waals surface area contributed by atoms with Crippen molar-refractivity contribution in [1.29, 1.82) is 0 Å². The van der Waals surface area contributed by atoms with E-state index in [1.807, 2.05) is 13.0 Å². The van der Waals surface area contributed by atoms with Crippen LogP contribution in [0.25, 0.3) is 0 Å². The van der Waals surface area contributed by atoms with Gasteiger partial charge in [0, 0.05) is 6.61 Å². The van der Waals surface area contributed by atoms with E-state index in [9.17, 15) is 0 Å². The van der Waals surface area contributed by atoms with E-state index in [2.05, 4.69) is 12.6 Å². The highest BCUT2D eigenvalue weighted by molar-refractivity contribution is 6.34. The van der Waals surface area contributed by atoms with Crippen molar-refractivity contribution < 1.29 is 4.43 Å². The van der Waals surface area contributed by atoms with Gasteiger partial charge < -0.3 is 4.43 Å². The molecule has 0 aliphatic heterocycles. The van der Waals surface area contributed by atoms with E-state index in [1.54, 1.807) is 0 Å². The van der Waals surface area contributed by atoms with Gasteiger partial charge in [-0.2, -0.15) is 0 Å². The Balaban J connectivity index is 2.75. The third-order valence-corrected chi connectivity index (χ3v) is 1.76. The van der Waals surface area contributed by atoms with E-state index in [-0.39, 0.29) is 0 Å². The molecule has 0 heterocycles. The molecule has 0 aliphatic rings. The molecule has 0 saturated heterocycles. The Hall–Kier alpha value is -0.0831. The normalized spacial score (nSPS) is 10.9. The minimum absolute atomic E-state index is 0.562. The van der Waals surface area contributed by atoms with Crippen LogP contribution < -0.4 is 0 Å². The van der Waals surface area contributed by atoms with E-state index in [0.29, 0.717) is 9.76 Å². The summed E-state index contributed by atoms with van der Waals surface area (Å²) >= 11 is 0. The van der Waals surface area contributed by atoms with Crippen molar-refractivity contribution in [3.8, 4) is 0 Å². The van der Waals surface area contributed by atoms with Crippen LogP contribution in [0.2, 0.25) is 0 Å². The van der Waals surface area contributed by atoms with Gasteiger partial charge in [0.05, 0.1) is 0 Å². The molecule has 0 aliphatic carbocycles. The highest BCUT2D eigenvalue weighted by Gasteiger charge is 1.83. The summed E-state index contributed by atoms with van der Waals surface area (Å²) in [7, 11) is 0.562. The topological polar surface area (TPSA) is 9.23 Å². The molecular formula is C7H14OSi. The third kappa shape index (κ3) is 7.92. The van der Waals surface area contributed by atoms with Gasteiger partial charge in [-0.15, -0.1) is 0 Å². The van der Waals surface area contributed by atoms with Crippen LogP contribution >= 0.6 is 0 Å². The Labute approximate surface area is 60.1 Å².